The van der Waals surface area contributed by atoms with Crippen LogP contribution < -0.4 is 19.3 Å². The molecule has 0 N–H and O–H groups in total. The van der Waals surface area contributed by atoms with Crippen LogP contribution in [0.3, 0.4) is 0 Å². The first kappa shape index (κ1) is 26.3. The summed E-state index contributed by atoms with van der Waals surface area (Å²) in [6.45, 7) is 8.05. The zero-order chi connectivity index (χ0) is 26.0. The second kappa shape index (κ2) is 10.7. The number of carbonyl (C=O) groups is 1. The van der Waals surface area contributed by atoms with Crippen LogP contribution in [0.5, 0.6) is 11.5 Å². The lowest BCUT2D eigenvalue weighted by molar-refractivity contribution is -0.117. The quantitative estimate of drug-likeness (QED) is 0.510. The molecule has 194 valence electrons. The molecule has 36 heavy (non-hydrogen) atoms. The Kier molecular flexibility index (Phi) is 7.85. The fraction of sp³-hybridized carbons (Fsp3) is 0.462. The number of fused-ring (bicyclic) bond motifs is 1. The van der Waals surface area contributed by atoms with E-state index >= 15 is 0 Å². The molecule has 8 nitrogen and oxygen atoms in total. The molecule has 2 aliphatic heterocycles. The molecule has 2 fully saturated rings. The van der Waals surface area contributed by atoms with Crippen LogP contribution in [0.4, 0.5) is 11.4 Å². The van der Waals surface area contributed by atoms with Crippen LogP contribution in [0.25, 0.3) is 0 Å². The summed E-state index contributed by atoms with van der Waals surface area (Å²) in [6, 6.07) is 11.3. The van der Waals surface area contributed by atoms with Gasteiger partial charge >= 0.3 is 0 Å². The van der Waals surface area contributed by atoms with E-state index < -0.39 is 9.84 Å². The molecule has 0 aromatic heterocycles. The molecular weight excluding hydrogens is 498 g/mol. The average Bonchev–Trinajstić information content (AvgIpc) is 3.30. The highest BCUT2D eigenvalue weighted by molar-refractivity contribution is 8.16. The molecule has 1 amide bonds. The number of sulfone groups is 1. The number of nitrogens with zero attached hydrogens (tertiary/aromatic N) is 3. The van der Waals surface area contributed by atoms with Gasteiger partial charge in [-0.1, -0.05) is 17.8 Å². The zero-order valence-corrected chi connectivity index (χ0v) is 23.0. The highest BCUT2D eigenvalue weighted by Crippen LogP contribution is 2.42. The predicted molar refractivity (Wildman–Crippen MR) is 147 cm³/mol. The van der Waals surface area contributed by atoms with E-state index in [-0.39, 0.29) is 35.1 Å². The molecule has 2 saturated heterocycles. The second-order valence-electron chi connectivity index (χ2n) is 8.97. The number of amidine groups is 1. The van der Waals surface area contributed by atoms with Crippen LogP contribution in [0.1, 0.15) is 25.0 Å². The number of thioether (sulfide) groups is 1. The fourth-order valence-electron chi connectivity index (χ4n) is 4.85. The average molecular weight is 532 g/mol. The van der Waals surface area contributed by atoms with E-state index in [1.807, 2.05) is 24.0 Å². The number of hydrogen-bond donors (Lipinski definition) is 0. The van der Waals surface area contributed by atoms with Crippen molar-refractivity contribution in [2.75, 3.05) is 48.6 Å². The molecule has 2 aromatic rings. The van der Waals surface area contributed by atoms with Crippen LogP contribution in [-0.4, -0.2) is 69.6 Å². The third-order valence-electron chi connectivity index (χ3n) is 6.66. The number of aryl methyl sites for hydroxylation is 1. The molecule has 0 saturated carbocycles. The number of carbonyl (C=O) groups excluding carboxylic acids is 1. The van der Waals surface area contributed by atoms with Gasteiger partial charge in [0.25, 0.3) is 5.91 Å². The molecule has 0 spiro atoms. The van der Waals surface area contributed by atoms with Crippen molar-refractivity contribution in [3.05, 3.63) is 47.5 Å². The molecule has 2 heterocycles. The van der Waals surface area contributed by atoms with E-state index in [9.17, 15) is 13.2 Å². The molecule has 0 unspecified atom stereocenters. The van der Waals surface area contributed by atoms with Crippen molar-refractivity contribution in [1.82, 2.24) is 0 Å². The van der Waals surface area contributed by atoms with Gasteiger partial charge in [0.1, 0.15) is 0 Å². The number of amides is 1. The van der Waals surface area contributed by atoms with E-state index in [4.69, 9.17) is 9.47 Å². The molecule has 2 aliphatic rings. The van der Waals surface area contributed by atoms with Gasteiger partial charge in [-0.25, -0.2) is 8.42 Å². The van der Waals surface area contributed by atoms with E-state index in [1.54, 1.807) is 26.4 Å². The minimum atomic E-state index is -3.14. The van der Waals surface area contributed by atoms with Gasteiger partial charge in [0.15, 0.2) is 26.5 Å². The number of aliphatic imine (C=N–C) groups is 1. The lowest BCUT2D eigenvalue weighted by Crippen LogP contribution is -2.38. The van der Waals surface area contributed by atoms with Crippen molar-refractivity contribution < 1.29 is 22.7 Å². The van der Waals surface area contributed by atoms with Crippen molar-refractivity contribution in [2.24, 2.45) is 4.99 Å². The molecule has 2 atom stereocenters. The Balaban J connectivity index is 1.65. The first-order valence-electron chi connectivity index (χ1n) is 12.0. The number of ether oxygens (including phenoxy) is 2. The highest BCUT2D eigenvalue weighted by Gasteiger charge is 2.49. The lowest BCUT2D eigenvalue weighted by Gasteiger charge is -2.28. The van der Waals surface area contributed by atoms with Gasteiger partial charge in [0.2, 0.25) is 0 Å². The lowest BCUT2D eigenvalue weighted by atomic mass is 10.1. The maximum absolute atomic E-state index is 13.0. The maximum atomic E-state index is 13.0. The highest BCUT2D eigenvalue weighted by atomic mass is 32.2. The molecular formula is C26H33N3O5S2. The summed E-state index contributed by atoms with van der Waals surface area (Å²) < 4.78 is 35.5. The first-order valence-corrected chi connectivity index (χ1v) is 14.7. The topological polar surface area (TPSA) is 88.5 Å². The number of anilines is 2. The number of methoxy groups -OCH3 is 2. The Bertz CT molecular complexity index is 1270. The smallest absolute Gasteiger partial charge is 0.252 e. The van der Waals surface area contributed by atoms with E-state index in [0.29, 0.717) is 16.7 Å². The molecule has 2 aromatic carbocycles. The molecule has 4 rings (SSSR count). The first-order chi connectivity index (χ1) is 17.2. The minimum absolute atomic E-state index is 0.0603. The largest absolute Gasteiger partial charge is 0.493 e. The monoisotopic (exact) mass is 531 g/mol. The Morgan fingerprint density at radius 3 is 2.44 bits per heavy atom. The normalized spacial score (nSPS) is 21.5. The Morgan fingerprint density at radius 2 is 1.81 bits per heavy atom. The van der Waals surface area contributed by atoms with Crippen molar-refractivity contribution in [1.29, 1.82) is 0 Å². The number of benzene rings is 2. The second-order valence-corrected chi connectivity index (χ2v) is 12.3. The third-order valence-corrected chi connectivity index (χ3v) is 9.87. The van der Waals surface area contributed by atoms with Gasteiger partial charge in [-0.2, -0.15) is 4.99 Å². The van der Waals surface area contributed by atoms with Gasteiger partial charge in [-0.3, -0.25) is 4.79 Å². The molecule has 10 heteroatoms. The zero-order valence-electron chi connectivity index (χ0n) is 21.4. The van der Waals surface area contributed by atoms with Gasteiger partial charge < -0.3 is 19.3 Å². The molecule has 0 bridgehead atoms. The summed E-state index contributed by atoms with van der Waals surface area (Å²) in [5, 5.41) is 0.411. The standard InChI is InChI=1S/C26H33N3O5S2/c1-6-28(7-2)19-9-10-20(17(3)12-19)29-21-15-36(31,32)16-24(21)35-26(29)27-25(30)14-18-8-11-22(33-4)23(13-18)34-5/h8-13,21,24H,6-7,14-16H2,1-5H3/t21-,24+/m1/s1. The van der Waals surface area contributed by atoms with Crippen molar-refractivity contribution >= 4 is 44.0 Å². The van der Waals surface area contributed by atoms with Crippen molar-refractivity contribution in [3.8, 4) is 11.5 Å². The summed E-state index contributed by atoms with van der Waals surface area (Å²) in [5.74, 6) is 1.00. The Hall–Kier alpha value is -2.72. The summed E-state index contributed by atoms with van der Waals surface area (Å²) in [4.78, 5) is 21.7. The van der Waals surface area contributed by atoms with Gasteiger partial charge in [-0.05, 0) is 62.2 Å². The third kappa shape index (κ3) is 5.34. The summed E-state index contributed by atoms with van der Waals surface area (Å²) in [7, 11) is -0.0233. The predicted octanol–water partition coefficient (Wildman–Crippen LogP) is 3.70. The van der Waals surface area contributed by atoms with Crippen LogP contribution in [0.15, 0.2) is 41.4 Å². The summed E-state index contributed by atoms with van der Waals surface area (Å²) in [5.41, 5.74) is 3.79. The van der Waals surface area contributed by atoms with Crippen molar-refractivity contribution in [2.45, 2.75) is 38.5 Å². The van der Waals surface area contributed by atoms with Crippen LogP contribution >= 0.6 is 11.8 Å². The van der Waals surface area contributed by atoms with E-state index in [0.717, 1.165) is 35.6 Å². The summed E-state index contributed by atoms with van der Waals surface area (Å²) >= 11 is 1.39. The molecule has 0 radical (unpaired) electrons. The van der Waals surface area contributed by atoms with Gasteiger partial charge in [-0.15, -0.1) is 0 Å². The van der Waals surface area contributed by atoms with E-state index in [2.05, 4.69) is 35.9 Å². The van der Waals surface area contributed by atoms with Crippen LogP contribution in [0, 0.1) is 6.92 Å². The Morgan fingerprint density at radius 1 is 1.08 bits per heavy atom. The molecule has 0 aliphatic carbocycles. The van der Waals surface area contributed by atoms with Gasteiger partial charge in [0, 0.05) is 29.7 Å². The van der Waals surface area contributed by atoms with Crippen LogP contribution in [0.2, 0.25) is 0 Å². The van der Waals surface area contributed by atoms with Crippen LogP contribution in [-0.2, 0) is 21.1 Å². The fourth-order valence-corrected chi connectivity index (χ4v) is 8.78. The minimum Gasteiger partial charge on any atom is -0.493 e. The SMILES string of the molecule is CCN(CC)c1ccc(N2C(=NC(=O)Cc3ccc(OC)c(OC)c3)S[C@H]3CS(=O)(=O)C[C@H]32)c(C)c1. The Labute approximate surface area is 217 Å². The summed E-state index contributed by atoms with van der Waals surface area (Å²) in [6.07, 6.45) is 0.103. The number of rotatable bonds is 8. The maximum Gasteiger partial charge on any atom is 0.252 e. The van der Waals surface area contributed by atoms with Gasteiger partial charge in [0.05, 0.1) is 38.2 Å². The number of hydrogen-bond acceptors (Lipinski definition) is 7. The van der Waals surface area contributed by atoms with Crippen molar-refractivity contribution in [3.63, 3.8) is 0 Å². The van der Waals surface area contributed by atoms with E-state index in [1.165, 1.54) is 11.8 Å².